The van der Waals surface area contributed by atoms with Crippen LogP contribution >= 0.6 is 11.6 Å². The van der Waals surface area contributed by atoms with Gasteiger partial charge in [-0.25, -0.2) is 9.10 Å². The van der Waals surface area contributed by atoms with Crippen molar-refractivity contribution in [2.45, 2.75) is 6.42 Å². The van der Waals surface area contributed by atoms with Crippen LogP contribution in [0.25, 0.3) is 0 Å². The number of carbonyl (C=O) groups is 1. The van der Waals surface area contributed by atoms with E-state index >= 15 is 0 Å². The van der Waals surface area contributed by atoms with E-state index in [0.29, 0.717) is 28.5 Å². The highest BCUT2D eigenvalue weighted by atomic mass is 35.5. The van der Waals surface area contributed by atoms with Gasteiger partial charge >= 0.3 is 16.3 Å². The van der Waals surface area contributed by atoms with Crippen LogP contribution in [0.15, 0.2) is 48.5 Å². The summed E-state index contributed by atoms with van der Waals surface area (Å²) >= 11 is 6.09. The van der Waals surface area contributed by atoms with Crippen molar-refractivity contribution >= 4 is 45.0 Å². The quantitative estimate of drug-likeness (QED) is 0.839. The van der Waals surface area contributed by atoms with Crippen molar-refractivity contribution in [3.63, 3.8) is 0 Å². The number of benzene rings is 2. The smallest absolute Gasteiger partial charge is 0.407 e. The molecule has 1 heterocycles. The van der Waals surface area contributed by atoms with Crippen LogP contribution in [0.2, 0.25) is 5.02 Å². The lowest BCUT2D eigenvalue weighted by Gasteiger charge is -2.22. The largest absolute Gasteiger partial charge is 0.465 e. The van der Waals surface area contributed by atoms with Gasteiger partial charge in [0.05, 0.1) is 17.1 Å². The van der Waals surface area contributed by atoms with E-state index in [4.69, 9.17) is 16.7 Å². The maximum atomic E-state index is 13.2. The summed E-state index contributed by atoms with van der Waals surface area (Å²) in [6, 6.07) is 13.7. The summed E-state index contributed by atoms with van der Waals surface area (Å²) in [7, 11) is -2.38. The lowest BCUT2D eigenvalue weighted by atomic mass is 10.2. The number of halogens is 1. The van der Waals surface area contributed by atoms with Gasteiger partial charge in [-0.2, -0.15) is 8.42 Å². The molecule has 1 N–H and O–H groups in total. The third-order valence-corrected chi connectivity index (χ3v) is 6.15. The van der Waals surface area contributed by atoms with E-state index in [2.05, 4.69) is 0 Å². The zero-order valence-corrected chi connectivity index (χ0v) is 15.6. The monoisotopic (exact) mass is 395 g/mol. The molecule has 7 nitrogen and oxygen atoms in total. The zero-order valence-electron chi connectivity index (χ0n) is 14.0. The Morgan fingerprint density at radius 3 is 2.50 bits per heavy atom. The van der Waals surface area contributed by atoms with Gasteiger partial charge in [-0.3, -0.25) is 4.31 Å². The average Bonchev–Trinajstić information content (AvgIpc) is 2.81. The molecular formula is C17H18ClN3O4S. The molecule has 1 aliphatic rings. The summed E-state index contributed by atoms with van der Waals surface area (Å²) < 4.78 is 28.9. The standard InChI is InChI=1S/C17H18ClN3O4S/c1-19(17(22)23)10-5-11-20-15-9-8-13(18)12-16(15)21(26(20,24)25)14-6-3-2-4-7-14/h2-4,6-9,12H,5,10-11H2,1H3,(H,22,23). The Labute approximate surface area is 157 Å². The van der Waals surface area contributed by atoms with Gasteiger partial charge in [0, 0.05) is 25.2 Å². The highest BCUT2D eigenvalue weighted by molar-refractivity contribution is 7.95. The molecule has 0 spiro atoms. The molecule has 0 bridgehead atoms. The molecule has 1 amide bonds. The molecule has 0 saturated carbocycles. The average molecular weight is 396 g/mol. The number of nitrogens with zero attached hydrogens (tertiary/aromatic N) is 3. The Morgan fingerprint density at radius 1 is 1.15 bits per heavy atom. The Balaban J connectivity index is 1.95. The summed E-state index contributed by atoms with van der Waals surface area (Å²) in [6.07, 6.45) is -0.681. The van der Waals surface area contributed by atoms with Crippen molar-refractivity contribution in [3.8, 4) is 0 Å². The Hall–Kier alpha value is -2.45. The summed E-state index contributed by atoms with van der Waals surface area (Å²) in [4.78, 5) is 12.0. The highest BCUT2D eigenvalue weighted by Crippen LogP contribution is 2.46. The number of amides is 1. The van der Waals surface area contributed by atoms with E-state index < -0.39 is 16.3 Å². The number of anilines is 3. The molecule has 138 valence electrons. The maximum absolute atomic E-state index is 13.2. The molecular weight excluding hydrogens is 378 g/mol. The molecule has 0 aliphatic carbocycles. The van der Waals surface area contributed by atoms with Gasteiger partial charge < -0.3 is 10.0 Å². The van der Waals surface area contributed by atoms with E-state index in [1.165, 1.54) is 15.7 Å². The number of hydrogen-bond donors (Lipinski definition) is 1. The van der Waals surface area contributed by atoms with Crippen molar-refractivity contribution in [2.24, 2.45) is 0 Å². The molecule has 2 aromatic carbocycles. The van der Waals surface area contributed by atoms with Crippen molar-refractivity contribution in [1.29, 1.82) is 0 Å². The van der Waals surface area contributed by atoms with Crippen LogP contribution in [0.4, 0.5) is 21.9 Å². The number of fused-ring (bicyclic) bond motifs is 1. The Kier molecular flexibility index (Phi) is 4.97. The van der Waals surface area contributed by atoms with E-state index in [-0.39, 0.29) is 13.1 Å². The van der Waals surface area contributed by atoms with Gasteiger partial charge in [0.2, 0.25) is 0 Å². The van der Waals surface area contributed by atoms with Gasteiger partial charge in [-0.15, -0.1) is 0 Å². The van der Waals surface area contributed by atoms with Gasteiger partial charge in [0.25, 0.3) is 0 Å². The van der Waals surface area contributed by atoms with Crippen molar-refractivity contribution < 1.29 is 18.3 Å². The van der Waals surface area contributed by atoms with Crippen molar-refractivity contribution in [2.75, 3.05) is 28.7 Å². The van der Waals surface area contributed by atoms with Crippen LogP contribution in [-0.2, 0) is 10.2 Å². The van der Waals surface area contributed by atoms with E-state index in [1.54, 1.807) is 42.5 Å². The fourth-order valence-corrected chi connectivity index (χ4v) is 4.75. The third kappa shape index (κ3) is 3.30. The summed E-state index contributed by atoms with van der Waals surface area (Å²) in [5.41, 5.74) is 1.52. The second-order valence-corrected chi connectivity index (χ2v) is 8.01. The molecule has 0 unspecified atom stereocenters. The van der Waals surface area contributed by atoms with Crippen LogP contribution in [0.5, 0.6) is 0 Å². The predicted octanol–water partition coefficient (Wildman–Crippen LogP) is 3.54. The Bertz CT molecular complexity index is 921. The number of hydrogen-bond acceptors (Lipinski definition) is 3. The third-order valence-electron chi connectivity index (χ3n) is 4.11. The molecule has 0 saturated heterocycles. The zero-order chi connectivity index (χ0) is 18.9. The van der Waals surface area contributed by atoms with Gasteiger partial charge in [0.15, 0.2) is 0 Å². The normalized spacial score (nSPS) is 15.0. The minimum Gasteiger partial charge on any atom is -0.465 e. The minimum atomic E-state index is -3.83. The van der Waals surface area contributed by atoms with Crippen LogP contribution < -0.4 is 8.61 Å². The molecule has 0 atom stereocenters. The lowest BCUT2D eigenvalue weighted by molar-refractivity contribution is 0.156. The summed E-state index contributed by atoms with van der Waals surface area (Å²) in [5, 5.41) is 9.36. The SMILES string of the molecule is CN(CCCN1c2ccc(Cl)cc2N(c2ccccc2)S1(=O)=O)C(=O)O. The Morgan fingerprint density at radius 2 is 1.85 bits per heavy atom. The van der Waals surface area contributed by atoms with Crippen molar-refractivity contribution in [1.82, 2.24) is 4.90 Å². The minimum absolute atomic E-state index is 0.165. The van der Waals surface area contributed by atoms with Crippen molar-refractivity contribution in [3.05, 3.63) is 53.6 Å². The fraction of sp³-hybridized carbons (Fsp3) is 0.235. The number of para-hydroxylation sites is 1. The maximum Gasteiger partial charge on any atom is 0.407 e. The van der Waals surface area contributed by atoms with Crippen LogP contribution in [0.1, 0.15) is 6.42 Å². The predicted molar refractivity (Wildman–Crippen MR) is 102 cm³/mol. The second-order valence-electron chi connectivity index (χ2n) is 5.87. The first-order chi connectivity index (χ1) is 12.3. The molecule has 2 aromatic rings. The second kappa shape index (κ2) is 7.05. The van der Waals surface area contributed by atoms with Gasteiger partial charge in [-0.05, 0) is 36.8 Å². The van der Waals surface area contributed by atoms with Crippen LogP contribution in [-0.4, -0.2) is 44.7 Å². The molecule has 26 heavy (non-hydrogen) atoms. The first-order valence-corrected chi connectivity index (χ1v) is 9.71. The van der Waals surface area contributed by atoms with Gasteiger partial charge in [0.1, 0.15) is 0 Å². The number of carboxylic acid groups (broad SMARTS) is 1. The highest BCUT2D eigenvalue weighted by Gasteiger charge is 2.41. The topological polar surface area (TPSA) is 81.2 Å². The van der Waals surface area contributed by atoms with Crippen LogP contribution in [0, 0.1) is 0 Å². The first kappa shape index (κ1) is 18.3. The number of rotatable bonds is 5. The molecule has 0 radical (unpaired) electrons. The summed E-state index contributed by atoms with van der Waals surface area (Å²) in [6.45, 7) is 0.396. The molecule has 0 aromatic heterocycles. The van der Waals surface area contributed by atoms with Crippen LogP contribution in [0.3, 0.4) is 0 Å². The lowest BCUT2D eigenvalue weighted by Crippen LogP contribution is -2.37. The van der Waals surface area contributed by atoms with E-state index in [0.717, 1.165) is 4.90 Å². The molecule has 3 rings (SSSR count). The first-order valence-electron chi connectivity index (χ1n) is 7.94. The fourth-order valence-electron chi connectivity index (χ4n) is 2.84. The summed E-state index contributed by atoms with van der Waals surface area (Å²) in [5.74, 6) is 0. The van der Waals surface area contributed by atoms with E-state index in [9.17, 15) is 13.2 Å². The molecule has 9 heteroatoms. The van der Waals surface area contributed by atoms with E-state index in [1.807, 2.05) is 6.07 Å². The molecule has 0 fully saturated rings. The molecule has 1 aliphatic heterocycles. The van der Waals surface area contributed by atoms with Gasteiger partial charge in [-0.1, -0.05) is 29.8 Å².